The van der Waals surface area contributed by atoms with E-state index >= 15 is 0 Å². The van der Waals surface area contributed by atoms with Gasteiger partial charge in [0.25, 0.3) is 0 Å². The van der Waals surface area contributed by atoms with E-state index in [4.69, 9.17) is 4.74 Å². The van der Waals surface area contributed by atoms with E-state index in [1.165, 1.54) is 6.33 Å². The van der Waals surface area contributed by atoms with Gasteiger partial charge in [-0.2, -0.15) is 5.10 Å². The van der Waals surface area contributed by atoms with E-state index in [9.17, 15) is 0 Å². The molecule has 0 unspecified atom stereocenters. The summed E-state index contributed by atoms with van der Waals surface area (Å²) in [6, 6.07) is 0. The monoisotopic (exact) mass is 448 g/mol. The lowest BCUT2D eigenvalue weighted by Crippen LogP contribution is -2.39. The van der Waals surface area contributed by atoms with Crippen molar-refractivity contribution in [2.24, 2.45) is 12.0 Å². The summed E-state index contributed by atoms with van der Waals surface area (Å²) in [7, 11) is 3.53. The quantitative estimate of drug-likeness (QED) is 0.235. The van der Waals surface area contributed by atoms with Crippen molar-refractivity contribution in [3.63, 3.8) is 0 Å². The molecular formula is C14H25IN8O. The third kappa shape index (κ3) is 5.74. The highest BCUT2D eigenvalue weighted by molar-refractivity contribution is 14.0. The second kappa shape index (κ2) is 11.0. The third-order valence-corrected chi connectivity index (χ3v) is 3.15. The van der Waals surface area contributed by atoms with Crippen molar-refractivity contribution in [2.45, 2.75) is 6.92 Å². The van der Waals surface area contributed by atoms with Gasteiger partial charge in [0.1, 0.15) is 12.1 Å². The maximum atomic E-state index is 5.00. The Hall–Kier alpha value is -1.69. The van der Waals surface area contributed by atoms with Gasteiger partial charge >= 0.3 is 0 Å². The van der Waals surface area contributed by atoms with Gasteiger partial charge in [-0.05, 0) is 6.92 Å². The first-order valence-corrected chi connectivity index (χ1v) is 7.64. The molecule has 9 nitrogen and oxygen atoms in total. The molecule has 0 aliphatic rings. The van der Waals surface area contributed by atoms with Crippen molar-refractivity contribution in [3.8, 4) is 0 Å². The fourth-order valence-electron chi connectivity index (χ4n) is 2.06. The highest BCUT2D eigenvalue weighted by Crippen LogP contribution is 2.16. The van der Waals surface area contributed by atoms with Crippen LogP contribution in [0.2, 0.25) is 0 Å². The number of fused-ring (bicyclic) bond motifs is 1. The van der Waals surface area contributed by atoms with Gasteiger partial charge in [-0.1, -0.05) is 0 Å². The van der Waals surface area contributed by atoms with Crippen LogP contribution in [0, 0.1) is 0 Å². The van der Waals surface area contributed by atoms with Gasteiger partial charge in [0.15, 0.2) is 11.6 Å². The Morgan fingerprint density at radius 2 is 2.12 bits per heavy atom. The molecule has 2 rings (SSSR count). The number of hydrogen-bond donors (Lipinski definition) is 3. The van der Waals surface area contributed by atoms with Crippen LogP contribution in [0.25, 0.3) is 11.0 Å². The van der Waals surface area contributed by atoms with Crippen LogP contribution in [0.5, 0.6) is 0 Å². The minimum Gasteiger partial charge on any atom is -0.383 e. The summed E-state index contributed by atoms with van der Waals surface area (Å²) in [5.41, 5.74) is 0.810. The van der Waals surface area contributed by atoms with Gasteiger partial charge in [-0.15, -0.1) is 24.0 Å². The lowest BCUT2D eigenvalue weighted by Gasteiger charge is -2.12. The number of hydrogen-bond acceptors (Lipinski definition) is 6. The summed E-state index contributed by atoms with van der Waals surface area (Å²) < 4.78 is 6.73. The van der Waals surface area contributed by atoms with Crippen molar-refractivity contribution in [1.29, 1.82) is 0 Å². The molecular weight excluding hydrogens is 423 g/mol. The number of aryl methyl sites for hydroxylation is 1. The SMILES string of the molecule is CCNC(=NCCOC)NCCNc1ncnc2c1cnn2C.I. The summed E-state index contributed by atoms with van der Waals surface area (Å²) in [6.07, 6.45) is 3.30. The van der Waals surface area contributed by atoms with Gasteiger partial charge in [0.2, 0.25) is 0 Å². The van der Waals surface area contributed by atoms with E-state index in [1.807, 2.05) is 14.0 Å². The van der Waals surface area contributed by atoms with Gasteiger partial charge in [-0.3, -0.25) is 9.67 Å². The number of nitrogens with zero attached hydrogens (tertiary/aromatic N) is 5. The topological polar surface area (TPSA) is 101 Å². The van der Waals surface area contributed by atoms with Crippen LogP contribution in [0.15, 0.2) is 17.5 Å². The third-order valence-electron chi connectivity index (χ3n) is 3.15. The molecule has 24 heavy (non-hydrogen) atoms. The molecule has 0 saturated carbocycles. The molecule has 2 aromatic rings. The minimum absolute atomic E-state index is 0. The number of rotatable bonds is 8. The summed E-state index contributed by atoms with van der Waals surface area (Å²) in [4.78, 5) is 12.9. The first-order valence-electron chi connectivity index (χ1n) is 7.64. The van der Waals surface area contributed by atoms with E-state index in [-0.39, 0.29) is 24.0 Å². The zero-order valence-corrected chi connectivity index (χ0v) is 16.6. The van der Waals surface area contributed by atoms with Crippen molar-refractivity contribution in [1.82, 2.24) is 30.4 Å². The van der Waals surface area contributed by atoms with Gasteiger partial charge in [-0.25, -0.2) is 9.97 Å². The maximum Gasteiger partial charge on any atom is 0.191 e. The molecule has 3 N–H and O–H groups in total. The zero-order valence-electron chi connectivity index (χ0n) is 14.2. The van der Waals surface area contributed by atoms with Crippen LogP contribution in [0.3, 0.4) is 0 Å². The second-order valence-corrected chi connectivity index (χ2v) is 4.83. The Labute approximate surface area is 158 Å². The Kier molecular flexibility index (Phi) is 9.30. The van der Waals surface area contributed by atoms with Crippen molar-refractivity contribution in [2.75, 3.05) is 45.2 Å². The fourth-order valence-corrected chi connectivity index (χ4v) is 2.06. The average molecular weight is 448 g/mol. The normalized spacial score (nSPS) is 11.2. The van der Waals surface area contributed by atoms with Crippen LogP contribution in [0.1, 0.15) is 6.92 Å². The molecule has 0 bridgehead atoms. The minimum atomic E-state index is 0. The Balaban J connectivity index is 0.00000288. The van der Waals surface area contributed by atoms with Crippen molar-refractivity contribution >= 4 is 46.8 Å². The number of halogens is 1. The smallest absolute Gasteiger partial charge is 0.191 e. The standard InChI is InChI=1S/C14H24N8O.HI/c1-4-15-14(18-7-8-23-3)17-6-5-16-12-11-9-21-22(2)13(11)20-10-19-12;/h9-10H,4-8H2,1-3H3,(H2,15,17,18)(H,16,19,20);1H. The zero-order chi connectivity index (χ0) is 16.5. The van der Waals surface area contributed by atoms with E-state index in [1.54, 1.807) is 18.0 Å². The molecule has 2 aromatic heterocycles. The fraction of sp³-hybridized carbons (Fsp3) is 0.571. The molecule has 0 fully saturated rings. The van der Waals surface area contributed by atoms with Crippen LogP contribution in [-0.4, -0.2) is 65.6 Å². The van der Waals surface area contributed by atoms with E-state index in [0.29, 0.717) is 26.2 Å². The molecule has 0 atom stereocenters. The summed E-state index contributed by atoms with van der Waals surface area (Å²) in [5, 5.41) is 14.8. The van der Waals surface area contributed by atoms with Crippen LogP contribution in [0.4, 0.5) is 5.82 Å². The molecule has 0 radical (unpaired) electrons. The molecule has 0 amide bonds. The largest absolute Gasteiger partial charge is 0.383 e. The average Bonchev–Trinajstić information content (AvgIpc) is 2.94. The van der Waals surface area contributed by atoms with Gasteiger partial charge in [0, 0.05) is 33.8 Å². The molecule has 0 aliphatic carbocycles. The number of methoxy groups -OCH3 is 1. The molecule has 134 valence electrons. The number of guanidine groups is 1. The highest BCUT2D eigenvalue weighted by Gasteiger charge is 2.06. The van der Waals surface area contributed by atoms with Crippen LogP contribution in [-0.2, 0) is 11.8 Å². The van der Waals surface area contributed by atoms with Gasteiger partial charge in [0.05, 0.1) is 24.7 Å². The number of anilines is 1. The number of ether oxygens (including phenoxy) is 1. The van der Waals surface area contributed by atoms with E-state index in [0.717, 1.165) is 29.4 Å². The Bertz CT molecular complexity index is 645. The maximum absolute atomic E-state index is 5.00. The van der Waals surface area contributed by atoms with E-state index < -0.39 is 0 Å². The lowest BCUT2D eigenvalue weighted by atomic mass is 10.4. The molecule has 0 aromatic carbocycles. The molecule has 0 spiro atoms. The number of aromatic nitrogens is 4. The van der Waals surface area contributed by atoms with Crippen LogP contribution >= 0.6 is 24.0 Å². The Morgan fingerprint density at radius 1 is 1.29 bits per heavy atom. The number of aliphatic imine (C=N–C) groups is 1. The molecule has 2 heterocycles. The lowest BCUT2D eigenvalue weighted by molar-refractivity contribution is 0.208. The summed E-state index contributed by atoms with van der Waals surface area (Å²) in [5.74, 6) is 1.56. The van der Waals surface area contributed by atoms with E-state index in [2.05, 4.69) is 36.0 Å². The molecule has 10 heteroatoms. The second-order valence-electron chi connectivity index (χ2n) is 4.83. The van der Waals surface area contributed by atoms with Crippen molar-refractivity contribution in [3.05, 3.63) is 12.5 Å². The van der Waals surface area contributed by atoms with Crippen LogP contribution < -0.4 is 16.0 Å². The van der Waals surface area contributed by atoms with Crippen molar-refractivity contribution < 1.29 is 4.74 Å². The first-order chi connectivity index (χ1) is 11.3. The highest BCUT2D eigenvalue weighted by atomic mass is 127. The predicted octanol–water partition coefficient (Wildman–Crippen LogP) is 0.595. The summed E-state index contributed by atoms with van der Waals surface area (Å²) in [6.45, 7) is 5.50. The molecule has 0 aliphatic heterocycles. The number of nitrogens with one attached hydrogen (secondary N) is 3. The Morgan fingerprint density at radius 3 is 2.88 bits per heavy atom. The predicted molar refractivity (Wildman–Crippen MR) is 106 cm³/mol. The molecule has 0 saturated heterocycles. The summed E-state index contributed by atoms with van der Waals surface area (Å²) >= 11 is 0. The first kappa shape index (κ1) is 20.4. The van der Waals surface area contributed by atoms with Gasteiger partial charge < -0.3 is 20.7 Å².